The number of amides is 1. The molecular weight excluding hydrogens is 344 g/mol. The highest BCUT2D eigenvalue weighted by atomic mass is 35.5. The molecule has 138 valence electrons. The standard InChI is InChI=1S/C18H25ClN2O4/c1-11-7-21(8-12(2)25-11)18(3,4)9-20-17(22)13-5-14(19)16-15(6-13)23-10-24-16/h5-6,11-12H,7-10H2,1-4H3,(H,20,22). The molecule has 25 heavy (non-hydrogen) atoms. The number of fused-ring (bicyclic) bond motifs is 1. The number of hydrogen-bond acceptors (Lipinski definition) is 5. The first-order valence-electron chi connectivity index (χ1n) is 8.54. The first-order chi connectivity index (χ1) is 11.8. The van der Waals surface area contributed by atoms with Gasteiger partial charge in [0.25, 0.3) is 5.91 Å². The number of rotatable bonds is 4. The van der Waals surface area contributed by atoms with E-state index >= 15 is 0 Å². The van der Waals surface area contributed by atoms with E-state index in [1.165, 1.54) is 0 Å². The summed E-state index contributed by atoms with van der Waals surface area (Å²) in [6, 6.07) is 3.27. The largest absolute Gasteiger partial charge is 0.454 e. The first-order valence-corrected chi connectivity index (χ1v) is 8.92. The van der Waals surface area contributed by atoms with E-state index in [-0.39, 0.29) is 30.4 Å². The molecule has 0 aromatic heterocycles. The fraction of sp³-hybridized carbons (Fsp3) is 0.611. The lowest BCUT2D eigenvalue weighted by Crippen LogP contribution is -2.58. The second-order valence-electron chi connectivity index (χ2n) is 7.35. The topological polar surface area (TPSA) is 60.0 Å². The second-order valence-corrected chi connectivity index (χ2v) is 7.76. The first kappa shape index (κ1) is 18.3. The van der Waals surface area contributed by atoms with Gasteiger partial charge in [0.15, 0.2) is 11.5 Å². The molecule has 6 nitrogen and oxygen atoms in total. The highest BCUT2D eigenvalue weighted by molar-refractivity contribution is 6.32. The number of benzene rings is 1. The van der Waals surface area contributed by atoms with Crippen molar-refractivity contribution in [3.63, 3.8) is 0 Å². The highest BCUT2D eigenvalue weighted by Crippen LogP contribution is 2.39. The number of nitrogens with zero attached hydrogens (tertiary/aromatic N) is 1. The van der Waals surface area contributed by atoms with Crippen molar-refractivity contribution in [3.05, 3.63) is 22.7 Å². The van der Waals surface area contributed by atoms with Crippen molar-refractivity contribution >= 4 is 17.5 Å². The quantitative estimate of drug-likeness (QED) is 0.885. The molecular formula is C18H25ClN2O4. The summed E-state index contributed by atoms with van der Waals surface area (Å²) in [6.45, 7) is 10.8. The molecule has 2 aliphatic heterocycles. The molecule has 7 heteroatoms. The van der Waals surface area contributed by atoms with Gasteiger partial charge in [0.2, 0.25) is 6.79 Å². The van der Waals surface area contributed by atoms with Gasteiger partial charge in [-0.05, 0) is 39.8 Å². The molecule has 3 rings (SSSR count). The zero-order chi connectivity index (χ0) is 18.2. The van der Waals surface area contributed by atoms with E-state index in [9.17, 15) is 4.79 Å². The minimum Gasteiger partial charge on any atom is -0.454 e. The number of carbonyl (C=O) groups is 1. The molecule has 1 N–H and O–H groups in total. The van der Waals surface area contributed by atoms with Gasteiger partial charge in [0.1, 0.15) is 0 Å². The van der Waals surface area contributed by atoms with E-state index in [2.05, 4.69) is 37.9 Å². The summed E-state index contributed by atoms with van der Waals surface area (Å²) >= 11 is 6.16. The van der Waals surface area contributed by atoms with Crippen LogP contribution in [0.5, 0.6) is 11.5 Å². The number of halogens is 1. The summed E-state index contributed by atoms with van der Waals surface area (Å²) in [5.74, 6) is 0.824. The molecule has 2 atom stereocenters. The number of hydrogen-bond donors (Lipinski definition) is 1. The van der Waals surface area contributed by atoms with Crippen LogP contribution in [0.4, 0.5) is 0 Å². The molecule has 0 saturated carbocycles. The third kappa shape index (κ3) is 4.02. The van der Waals surface area contributed by atoms with E-state index in [1.54, 1.807) is 12.1 Å². The Kier molecular flexibility index (Phi) is 5.14. The van der Waals surface area contributed by atoms with E-state index < -0.39 is 0 Å². The lowest BCUT2D eigenvalue weighted by molar-refractivity contribution is -0.0948. The molecule has 1 fully saturated rings. The summed E-state index contributed by atoms with van der Waals surface area (Å²) in [7, 11) is 0. The molecule has 0 aliphatic carbocycles. The Morgan fingerprint density at radius 1 is 1.28 bits per heavy atom. The van der Waals surface area contributed by atoms with Gasteiger partial charge < -0.3 is 19.5 Å². The van der Waals surface area contributed by atoms with Gasteiger partial charge in [0.05, 0.1) is 17.2 Å². The Morgan fingerprint density at radius 2 is 1.96 bits per heavy atom. The predicted molar refractivity (Wildman–Crippen MR) is 95.6 cm³/mol. The lowest BCUT2D eigenvalue weighted by Gasteiger charge is -2.45. The third-order valence-electron chi connectivity index (χ3n) is 4.65. The van der Waals surface area contributed by atoms with Gasteiger partial charge in [-0.2, -0.15) is 0 Å². The zero-order valence-corrected chi connectivity index (χ0v) is 15.9. The fourth-order valence-corrected chi connectivity index (χ4v) is 3.55. The van der Waals surface area contributed by atoms with Crippen LogP contribution in [-0.2, 0) is 4.74 Å². The fourth-order valence-electron chi connectivity index (χ4n) is 3.28. The molecule has 2 unspecified atom stereocenters. The van der Waals surface area contributed by atoms with Crippen LogP contribution in [0.25, 0.3) is 0 Å². The van der Waals surface area contributed by atoms with Crippen LogP contribution in [-0.4, -0.2) is 55.0 Å². The minimum absolute atomic E-state index is 0.126. The predicted octanol–water partition coefficient (Wildman–Crippen LogP) is 2.69. The van der Waals surface area contributed by atoms with Crippen LogP contribution >= 0.6 is 11.6 Å². The van der Waals surface area contributed by atoms with Gasteiger partial charge in [-0.25, -0.2) is 0 Å². The molecule has 1 amide bonds. The van der Waals surface area contributed by atoms with Crippen molar-refractivity contribution in [1.29, 1.82) is 0 Å². The van der Waals surface area contributed by atoms with Gasteiger partial charge >= 0.3 is 0 Å². The number of morpholine rings is 1. The summed E-state index contributed by atoms with van der Waals surface area (Å²) in [4.78, 5) is 14.9. The molecule has 0 spiro atoms. The monoisotopic (exact) mass is 368 g/mol. The van der Waals surface area contributed by atoms with Gasteiger partial charge in [-0.15, -0.1) is 0 Å². The van der Waals surface area contributed by atoms with Crippen LogP contribution in [0, 0.1) is 0 Å². The van der Waals surface area contributed by atoms with Crippen LogP contribution in [0.3, 0.4) is 0 Å². The average Bonchev–Trinajstić information content (AvgIpc) is 3.01. The summed E-state index contributed by atoms with van der Waals surface area (Å²) < 4.78 is 16.4. The Morgan fingerprint density at radius 3 is 2.64 bits per heavy atom. The maximum atomic E-state index is 12.5. The number of carbonyl (C=O) groups excluding carboxylic acids is 1. The van der Waals surface area contributed by atoms with Crippen molar-refractivity contribution in [2.45, 2.75) is 45.4 Å². The molecule has 0 bridgehead atoms. The Bertz CT molecular complexity index is 655. The Labute approximate surface area is 153 Å². The molecule has 1 saturated heterocycles. The highest BCUT2D eigenvalue weighted by Gasteiger charge is 2.33. The molecule has 0 radical (unpaired) electrons. The lowest BCUT2D eigenvalue weighted by atomic mass is 10.00. The van der Waals surface area contributed by atoms with Crippen molar-refractivity contribution in [2.75, 3.05) is 26.4 Å². The third-order valence-corrected chi connectivity index (χ3v) is 4.93. The molecule has 2 heterocycles. The van der Waals surface area contributed by atoms with Crippen LogP contribution in [0.1, 0.15) is 38.1 Å². The van der Waals surface area contributed by atoms with Crippen molar-refractivity contribution in [2.24, 2.45) is 0 Å². The molecule has 1 aromatic carbocycles. The second kappa shape index (κ2) is 7.02. The van der Waals surface area contributed by atoms with Crippen molar-refractivity contribution in [1.82, 2.24) is 10.2 Å². The maximum Gasteiger partial charge on any atom is 0.251 e. The van der Waals surface area contributed by atoms with Crippen molar-refractivity contribution in [3.8, 4) is 11.5 Å². The molecule has 2 aliphatic rings. The van der Waals surface area contributed by atoms with Gasteiger partial charge in [-0.1, -0.05) is 11.6 Å². The minimum atomic E-state index is -0.178. The Balaban J connectivity index is 1.64. The van der Waals surface area contributed by atoms with E-state index in [0.717, 1.165) is 13.1 Å². The summed E-state index contributed by atoms with van der Waals surface area (Å²) in [6.07, 6.45) is 0.373. The van der Waals surface area contributed by atoms with E-state index in [1.807, 2.05) is 0 Å². The van der Waals surface area contributed by atoms with Crippen LogP contribution < -0.4 is 14.8 Å². The Hall–Kier alpha value is -1.50. The van der Waals surface area contributed by atoms with Crippen LogP contribution in [0.2, 0.25) is 5.02 Å². The average molecular weight is 369 g/mol. The van der Waals surface area contributed by atoms with Crippen molar-refractivity contribution < 1.29 is 19.0 Å². The van der Waals surface area contributed by atoms with Gasteiger partial charge in [-0.3, -0.25) is 9.69 Å². The van der Waals surface area contributed by atoms with Gasteiger partial charge in [0, 0.05) is 30.7 Å². The summed E-state index contributed by atoms with van der Waals surface area (Å²) in [5, 5.41) is 3.39. The maximum absolute atomic E-state index is 12.5. The zero-order valence-electron chi connectivity index (χ0n) is 15.1. The number of ether oxygens (including phenoxy) is 3. The van der Waals surface area contributed by atoms with Crippen LogP contribution in [0.15, 0.2) is 12.1 Å². The normalized spacial score (nSPS) is 23.6. The van der Waals surface area contributed by atoms with E-state index in [4.69, 9.17) is 25.8 Å². The SMILES string of the molecule is CC1CN(C(C)(C)CNC(=O)c2cc(Cl)c3c(c2)OCO3)CC(C)O1. The number of nitrogens with one attached hydrogen (secondary N) is 1. The van der Waals surface area contributed by atoms with E-state index in [0.29, 0.717) is 28.6 Å². The molecule has 1 aromatic rings. The smallest absolute Gasteiger partial charge is 0.251 e. The summed E-state index contributed by atoms with van der Waals surface area (Å²) in [5.41, 5.74) is 0.288.